The number of ketones is 1. The third-order valence-electron chi connectivity index (χ3n) is 26.1. The summed E-state index contributed by atoms with van der Waals surface area (Å²) in [5, 5.41) is 0. The molecular formula is C71H108O. The topological polar surface area (TPSA) is 17.1 Å². The van der Waals surface area contributed by atoms with E-state index in [0.29, 0.717) is 27.1 Å². The fraction of sp³-hybridized carbons (Fsp3) is 0.817. The van der Waals surface area contributed by atoms with Crippen molar-refractivity contribution >= 4 is 5.78 Å². The van der Waals surface area contributed by atoms with Crippen molar-refractivity contribution in [3.63, 3.8) is 0 Å². The number of rotatable bonds is 0. The molecule has 12 bridgehead atoms. The van der Waals surface area contributed by atoms with Gasteiger partial charge in [-0.15, -0.1) is 0 Å². The highest BCUT2D eigenvalue weighted by molar-refractivity contribution is 6.13. The van der Waals surface area contributed by atoms with Crippen LogP contribution in [0.15, 0.2) is 48.5 Å². The zero-order valence-electron chi connectivity index (χ0n) is 48.7. The van der Waals surface area contributed by atoms with Gasteiger partial charge in [-0.3, -0.25) is 4.79 Å². The fourth-order valence-corrected chi connectivity index (χ4v) is 22.5. The number of carbonyl (C=O) groups excluding carboxylic acids is 1. The molecule has 0 spiro atoms. The summed E-state index contributed by atoms with van der Waals surface area (Å²) in [5.74, 6) is 18.4. The summed E-state index contributed by atoms with van der Waals surface area (Å²) < 4.78 is 0. The standard InChI is InChI=1S/C16H14O.C14H22.2C12H20.C9H16.C8H16/c1-16(2)13-9-5-3-7-11(13)15(17)12-8-4-6-10-14(12)16;1-14(2)7-10-6-11(14)13-9-4-3-8(5-9)12(10)13;1-12(2)10-4-8-3-9(6-10)7-11(12)5-8;1-12(2)7-8-6-11(12)10-5-3-4-9(8)10;1-9(2)6-7-3-4-8(9)5-7;1-8(2)6-4-3-5-7-8/h3-10H,1-2H3;8-13H,3-7H2,1-2H3;2*8-11H,3-7H2,1-2H3;7-8H,3-6H2,1-2H3;3-7H2,1-2H3. The quantitative estimate of drug-likeness (QED) is 0.241. The van der Waals surface area contributed by atoms with Crippen LogP contribution >= 0.6 is 0 Å². The molecule has 12 unspecified atom stereocenters. The van der Waals surface area contributed by atoms with Crippen LogP contribution in [0, 0.1) is 122 Å². The van der Waals surface area contributed by atoms with Crippen LogP contribution in [0.3, 0.4) is 0 Å². The molecule has 12 atom stereocenters. The van der Waals surface area contributed by atoms with Crippen LogP contribution in [0.2, 0.25) is 0 Å². The maximum atomic E-state index is 12.4. The lowest BCUT2D eigenvalue weighted by molar-refractivity contribution is -0.0876. The van der Waals surface area contributed by atoms with E-state index in [0.717, 1.165) is 87.4 Å². The fourth-order valence-electron chi connectivity index (χ4n) is 22.5. The summed E-state index contributed by atoms with van der Waals surface area (Å²) in [4.78, 5) is 12.4. The Kier molecular flexibility index (Phi) is 13.9. The van der Waals surface area contributed by atoms with Crippen LogP contribution < -0.4 is 0 Å². The van der Waals surface area contributed by atoms with E-state index < -0.39 is 0 Å². The number of hydrogen-bond donors (Lipinski definition) is 0. The minimum Gasteiger partial charge on any atom is -0.289 e. The van der Waals surface area contributed by atoms with Gasteiger partial charge < -0.3 is 0 Å². The van der Waals surface area contributed by atoms with Gasteiger partial charge in [-0.2, -0.15) is 0 Å². The lowest BCUT2D eigenvalue weighted by Crippen LogP contribution is -2.49. The maximum absolute atomic E-state index is 12.4. The summed E-state index contributed by atoms with van der Waals surface area (Å²) in [5.41, 5.74) is 7.35. The molecule has 0 aromatic heterocycles. The van der Waals surface area contributed by atoms with Gasteiger partial charge >= 0.3 is 0 Å². The molecule has 15 aliphatic carbocycles. The molecule has 1 nitrogen and oxygen atoms in total. The van der Waals surface area contributed by atoms with Crippen LogP contribution in [0.5, 0.6) is 0 Å². The van der Waals surface area contributed by atoms with Crippen LogP contribution in [0.25, 0.3) is 0 Å². The maximum Gasteiger partial charge on any atom is 0.193 e. The van der Waals surface area contributed by atoms with Gasteiger partial charge in [-0.05, 0) is 255 Å². The minimum atomic E-state index is -0.0961. The van der Waals surface area contributed by atoms with Crippen molar-refractivity contribution < 1.29 is 4.79 Å². The molecule has 14 saturated carbocycles. The van der Waals surface area contributed by atoms with Crippen molar-refractivity contribution in [3.8, 4) is 0 Å². The number of benzene rings is 2. The van der Waals surface area contributed by atoms with Crippen LogP contribution in [0.1, 0.15) is 264 Å². The van der Waals surface area contributed by atoms with Gasteiger partial charge in [0.15, 0.2) is 5.78 Å². The summed E-state index contributed by atoms with van der Waals surface area (Å²) in [6, 6.07) is 15.8. The molecule has 0 heterocycles. The van der Waals surface area contributed by atoms with Gasteiger partial charge in [-0.1, -0.05) is 164 Å². The Morgan fingerprint density at radius 1 is 0.403 bits per heavy atom. The van der Waals surface area contributed by atoms with E-state index >= 15 is 0 Å². The molecule has 398 valence electrons. The number of carbonyl (C=O) groups is 1. The van der Waals surface area contributed by atoms with Gasteiger partial charge in [0.25, 0.3) is 0 Å². The van der Waals surface area contributed by atoms with Gasteiger partial charge in [-0.25, -0.2) is 0 Å². The second-order valence-electron chi connectivity index (χ2n) is 32.8. The van der Waals surface area contributed by atoms with Gasteiger partial charge in [0.05, 0.1) is 0 Å². The monoisotopic (exact) mass is 977 g/mol. The van der Waals surface area contributed by atoms with E-state index in [1.807, 2.05) is 36.4 Å². The first-order valence-electron chi connectivity index (χ1n) is 31.8. The van der Waals surface area contributed by atoms with E-state index in [1.54, 1.807) is 103 Å². The first kappa shape index (κ1) is 52.2. The van der Waals surface area contributed by atoms with E-state index in [9.17, 15) is 4.79 Å². The zero-order chi connectivity index (χ0) is 50.8. The van der Waals surface area contributed by atoms with Crippen molar-refractivity contribution in [1.82, 2.24) is 0 Å². The van der Waals surface area contributed by atoms with Crippen LogP contribution in [-0.4, -0.2) is 5.78 Å². The average Bonchev–Trinajstić information content (AvgIpc) is 4.20. The molecule has 14 fully saturated rings. The third kappa shape index (κ3) is 9.56. The Hall–Kier alpha value is -1.89. The van der Waals surface area contributed by atoms with Gasteiger partial charge in [0.2, 0.25) is 0 Å². The number of fused-ring (bicyclic) bond motifs is 18. The predicted octanol–water partition coefficient (Wildman–Crippen LogP) is 20.0. The molecule has 0 aliphatic heterocycles. The highest BCUT2D eigenvalue weighted by Gasteiger charge is 2.64. The highest BCUT2D eigenvalue weighted by Crippen LogP contribution is 2.72. The van der Waals surface area contributed by atoms with E-state index in [4.69, 9.17) is 0 Å². The molecule has 2 aromatic carbocycles. The largest absolute Gasteiger partial charge is 0.289 e. The molecule has 0 saturated heterocycles. The second-order valence-corrected chi connectivity index (χ2v) is 32.8. The van der Waals surface area contributed by atoms with Gasteiger partial charge in [0, 0.05) is 16.5 Å². The lowest BCUT2D eigenvalue weighted by Gasteiger charge is -2.59. The Morgan fingerprint density at radius 3 is 1.46 bits per heavy atom. The minimum absolute atomic E-state index is 0.0961. The molecular weight excluding hydrogens is 869 g/mol. The zero-order valence-corrected chi connectivity index (χ0v) is 48.7. The SMILES string of the molecule is CC1(C)C2CC3CC(C2)CC1C3.CC1(C)CC2CC1C1C3CCC(C3)C21.CC1(C)CC2CC1C1CCCC21.CC1(C)CC2CCC1C2.CC1(C)CCCCC1.CC1(C)c2ccccc2C(=O)c2ccccc21. The molecule has 0 N–H and O–H groups in total. The molecule has 15 aliphatic rings. The van der Waals surface area contributed by atoms with E-state index in [-0.39, 0.29) is 11.2 Å². The van der Waals surface area contributed by atoms with Gasteiger partial charge in [0.1, 0.15) is 0 Å². The van der Waals surface area contributed by atoms with Crippen molar-refractivity contribution in [2.24, 2.45) is 122 Å². The summed E-state index contributed by atoms with van der Waals surface area (Å²) >= 11 is 0. The van der Waals surface area contributed by atoms with Crippen molar-refractivity contribution in [3.05, 3.63) is 70.8 Å². The van der Waals surface area contributed by atoms with Crippen LogP contribution in [0.4, 0.5) is 0 Å². The van der Waals surface area contributed by atoms with E-state index in [1.165, 1.54) is 81.0 Å². The number of hydrogen-bond acceptors (Lipinski definition) is 1. The first-order valence-corrected chi connectivity index (χ1v) is 31.8. The Morgan fingerprint density at radius 2 is 0.931 bits per heavy atom. The third-order valence-corrected chi connectivity index (χ3v) is 26.1. The highest BCUT2D eigenvalue weighted by atomic mass is 16.1. The smallest absolute Gasteiger partial charge is 0.193 e. The molecule has 17 rings (SSSR count). The molecule has 2 aromatic rings. The molecule has 0 amide bonds. The molecule has 0 radical (unpaired) electrons. The summed E-state index contributed by atoms with van der Waals surface area (Å²) in [7, 11) is 0. The van der Waals surface area contributed by atoms with Crippen molar-refractivity contribution in [2.75, 3.05) is 0 Å². The van der Waals surface area contributed by atoms with Crippen molar-refractivity contribution in [1.29, 1.82) is 0 Å². The average molecular weight is 978 g/mol. The summed E-state index contributed by atoms with van der Waals surface area (Å²) in [6.07, 6.45) is 37.1. The Bertz CT molecular complexity index is 2160. The Labute approximate surface area is 443 Å². The molecule has 1 heteroatoms. The molecule has 72 heavy (non-hydrogen) atoms. The normalized spacial score (nSPS) is 42.9. The van der Waals surface area contributed by atoms with Crippen LogP contribution in [-0.2, 0) is 5.41 Å². The summed E-state index contributed by atoms with van der Waals surface area (Å²) in [6.45, 7) is 29.2. The van der Waals surface area contributed by atoms with Crippen molar-refractivity contribution in [2.45, 2.75) is 243 Å². The Balaban J connectivity index is 0.0000000949. The second kappa shape index (κ2) is 19.2. The van der Waals surface area contributed by atoms with E-state index in [2.05, 4.69) is 95.2 Å². The first-order chi connectivity index (χ1) is 34.0. The predicted molar refractivity (Wildman–Crippen MR) is 304 cm³/mol. The lowest BCUT2D eigenvalue weighted by atomic mass is 9.46.